The number of carboxylic acids is 1. The largest absolute Gasteiger partial charge is 0.480 e. The minimum absolute atomic E-state index is 0.266. The van der Waals surface area contributed by atoms with Gasteiger partial charge in [-0.1, -0.05) is 60.7 Å². The van der Waals surface area contributed by atoms with Crippen LogP contribution in [-0.4, -0.2) is 46.8 Å². The van der Waals surface area contributed by atoms with Crippen molar-refractivity contribution in [3.63, 3.8) is 0 Å². The van der Waals surface area contributed by atoms with Gasteiger partial charge < -0.3 is 14.7 Å². The van der Waals surface area contributed by atoms with Crippen LogP contribution < -0.4 is 4.90 Å². The second-order valence-corrected chi connectivity index (χ2v) is 6.43. The quantitative estimate of drug-likeness (QED) is 0.467. The smallest absolute Gasteiger partial charge is 0.329 e. The maximum absolute atomic E-state index is 10.8. The van der Waals surface area contributed by atoms with Gasteiger partial charge in [0.2, 0.25) is 0 Å². The van der Waals surface area contributed by atoms with E-state index in [9.17, 15) is 4.79 Å². The predicted octanol–water partition coefficient (Wildman–Crippen LogP) is 4.91. The van der Waals surface area contributed by atoms with Gasteiger partial charge in [0.15, 0.2) is 0 Å². The maximum Gasteiger partial charge on any atom is 0.329 e. The number of nitrogens with zero attached hydrogens (tertiary/aromatic N) is 3. The van der Waals surface area contributed by atoms with Crippen LogP contribution in [0.1, 0.15) is 40.2 Å². The van der Waals surface area contributed by atoms with E-state index in [4.69, 9.17) is 23.6 Å². The van der Waals surface area contributed by atoms with E-state index in [2.05, 4.69) is 9.97 Å². The van der Waals surface area contributed by atoms with Crippen molar-refractivity contribution in [3.05, 3.63) is 66.9 Å². The van der Waals surface area contributed by atoms with Gasteiger partial charge >= 0.3 is 5.97 Å². The molecule has 0 atom stereocenters. The van der Waals surface area contributed by atoms with Crippen LogP contribution in [0.25, 0.3) is 22.5 Å². The van der Waals surface area contributed by atoms with Gasteiger partial charge in [0.05, 0.1) is 17.6 Å². The molecule has 6 nitrogen and oxygen atoms in total. The van der Waals surface area contributed by atoms with Crippen LogP contribution in [0.4, 0.5) is 5.82 Å². The number of carboxylic acid groups (broad SMARTS) is 1. The third kappa shape index (κ3) is 6.36. The number of aromatic nitrogens is 2. The second-order valence-electron chi connectivity index (χ2n) is 6.43. The molecule has 1 N–H and O–H groups in total. The van der Waals surface area contributed by atoms with E-state index >= 15 is 0 Å². The molecule has 1 heterocycles. The van der Waals surface area contributed by atoms with Gasteiger partial charge in [-0.2, -0.15) is 0 Å². The van der Waals surface area contributed by atoms with Gasteiger partial charge in [0.25, 0.3) is 0 Å². The Morgan fingerprint density at radius 3 is 2.32 bits per heavy atom. The summed E-state index contributed by atoms with van der Waals surface area (Å²) in [6, 6.07) is 15.4. The standard InChI is InChI=1S/C25H29N3O3/c1-19(2)28(15-9-10-16-31-18-23(29)30)22-17-26-24(20-11-5-3-6-12-20)25(27-22)21-13-7-4-8-14-21/h3-8,11-14,17,19H,9-10,15-16,18H2,1-2H3,(H,29,30)/i1D3,2D3,9D2,10D2. The van der Waals surface area contributed by atoms with Crippen molar-refractivity contribution in [1.29, 1.82) is 0 Å². The van der Waals surface area contributed by atoms with Gasteiger partial charge in [0, 0.05) is 44.0 Å². The first kappa shape index (κ1) is 12.6. The summed E-state index contributed by atoms with van der Waals surface area (Å²) in [5.41, 5.74) is 1.91. The van der Waals surface area contributed by atoms with Crippen molar-refractivity contribution in [2.24, 2.45) is 0 Å². The van der Waals surface area contributed by atoms with Gasteiger partial charge in [-0.3, -0.25) is 4.98 Å². The molecule has 0 aliphatic carbocycles. The molecule has 0 aliphatic rings. The molecule has 2 aromatic carbocycles. The fourth-order valence-corrected chi connectivity index (χ4v) is 2.81. The molecule has 1 aromatic heterocycles. The summed E-state index contributed by atoms with van der Waals surface area (Å²) >= 11 is 0. The summed E-state index contributed by atoms with van der Waals surface area (Å²) in [7, 11) is 0. The Morgan fingerprint density at radius 2 is 1.71 bits per heavy atom. The third-order valence-electron chi connectivity index (χ3n) is 4.23. The monoisotopic (exact) mass is 429 g/mol. The van der Waals surface area contributed by atoms with E-state index in [1.807, 2.05) is 6.07 Å². The molecule has 31 heavy (non-hydrogen) atoms. The van der Waals surface area contributed by atoms with Crippen molar-refractivity contribution in [2.75, 3.05) is 24.7 Å². The van der Waals surface area contributed by atoms with E-state index < -0.39 is 58.2 Å². The highest BCUT2D eigenvalue weighted by atomic mass is 16.5. The van der Waals surface area contributed by atoms with Crippen molar-refractivity contribution in [1.82, 2.24) is 9.97 Å². The van der Waals surface area contributed by atoms with Gasteiger partial charge in [-0.15, -0.1) is 0 Å². The Kier molecular flexibility index (Phi) is 4.55. The molecule has 0 bridgehead atoms. The van der Waals surface area contributed by atoms with Crippen molar-refractivity contribution < 1.29 is 28.3 Å². The van der Waals surface area contributed by atoms with Crippen LogP contribution >= 0.6 is 0 Å². The topological polar surface area (TPSA) is 75.5 Å². The van der Waals surface area contributed by atoms with Crippen molar-refractivity contribution in [2.45, 2.75) is 32.5 Å². The predicted molar refractivity (Wildman–Crippen MR) is 123 cm³/mol. The first-order chi connectivity index (χ1) is 18.9. The van der Waals surface area contributed by atoms with Crippen LogP contribution in [0.5, 0.6) is 0 Å². The third-order valence-corrected chi connectivity index (χ3v) is 4.23. The Morgan fingerprint density at radius 1 is 1.06 bits per heavy atom. The van der Waals surface area contributed by atoms with E-state index in [0.29, 0.717) is 21.7 Å². The summed E-state index contributed by atoms with van der Waals surface area (Å²) in [4.78, 5) is 20.6. The zero-order valence-electron chi connectivity index (χ0n) is 26.7. The highest BCUT2D eigenvalue weighted by Gasteiger charge is 2.17. The highest BCUT2D eigenvalue weighted by molar-refractivity contribution is 5.78. The number of ether oxygens (including phenoxy) is 1. The number of aliphatic carboxylic acids is 1. The van der Waals surface area contributed by atoms with Crippen molar-refractivity contribution >= 4 is 11.8 Å². The average molecular weight is 430 g/mol. The summed E-state index contributed by atoms with van der Waals surface area (Å²) in [5.74, 6) is -1.69. The summed E-state index contributed by atoms with van der Waals surface area (Å²) in [6.45, 7) is -9.31. The normalized spacial score (nSPS) is 17.5. The molecule has 6 heteroatoms. The molecule has 0 saturated heterocycles. The lowest BCUT2D eigenvalue weighted by molar-refractivity contribution is -0.142. The number of carbonyl (C=O) groups is 1. The molecule has 0 radical (unpaired) electrons. The summed E-state index contributed by atoms with van der Waals surface area (Å²) in [5, 5.41) is 8.79. The first-order valence-electron chi connectivity index (χ1n) is 14.5. The SMILES string of the molecule is [2H]C([2H])([2H])C(N(CC([2H])([2H])C([2H])([2H])COCC(=O)O)c1cnc(-c2ccccc2)c(-c2ccccc2)n1)C([2H])([2H])[2H]. The van der Waals surface area contributed by atoms with Crippen LogP contribution in [0, 0.1) is 0 Å². The van der Waals surface area contributed by atoms with Crippen molar-refractivity contribution in [3.8, 4) is 22.5 Å². The molecule has 0 amide bonds. The van der Waals surface area contributed by atoms with Crippen LogP contribution in [0.3, 0.4) is 0 Å². The highest BCUT2D eigenvalue weighted by Crippen LogP contribution is 2.30. The molecule has 0 aliphatic heterocycles. The van der Waals surface area contributed by atoms with Crippen LogP contribution in [0.2, 0.25) is 0 Å². The van der Waals surface area contributed by atoms with Gasteiger partial charge in [0.1, 0.15) is 12.4 Å². The zero-order valence-corrected chi connectivity index (χ0v) is 16.7. The summed E-state index contributed by atoms with van der Waals surface area (Å²) in [6.07, 6.45) is -4.66. The Balaban J connectivity index is 2.20. The second kappa shape index (κ2) is 11.2. The average Bonchev–Trinajstić information content (AvgIpc) is 2.87. The molecule has 3 rings (SSSR count). The van der Waals surface area contributed by atoms with Crippen LogP contribution in [0.15, 0.2) is 66.9 Å². The maximum atomic E-state index is 10.8. The minimum Gasteiger partial charge on any atom is -0.480 e. The van der Waals surface area contributed by atoms with Gasteiger partial charge in [-0.25, -0.2) is 9.78 Å². The Bertz CT molecular complexity index is 1310. The van der Waals surface area contributed by atoms with Gasteiger partial charge in [-0.05, 0) is 26.4 Å². The first-order valence-corrected chi connectivity index (χ1v) is 9.48. The number of rotatable bonds is 11. The minimum atomic E-state index is -3.18. The number of anilines is 1. The summed E-state index contributed by atoms with van der Waals surface area (Å²) < 4.78 is 86.4. The zero-order chi connectivity index (χ0) is 30.6. The fourth-order valence-electron chi connectivity index (χ4n) is 2.81. The lowest BCUT2D eigenvalue weighted by Gasteiger charge is -2.28. The van der Waals surface area contributed by atoms with Crippen LogP contribution in [-0.2, 0) is 9.53 Å². The molecule has 162 valence electrons. The van der Waals surface area contributed by atoms with E-state index in [0.717, 1.165) is 6.20 Å². The Hall–Kier alpha value is -3.25. The lowest BCUT2D eigenvalue weighted by atomic mass is 10.0. The van der Waals surface area contributed by atoms with E-state index in [1.54, 1.807) is 54.6 Å². The fraction of sp³-hybridized carbons (Fsp3) is 0.320. The molecule has 0 fully saturated rings. The molecular weight excluding hydrogens is 390 g/mol. The molecule has 0 saturated carbocycles. The molecule has 3 aromatic rings. The number of hydrogen-bond acceptors (Lipinski definition) is 5. The number of hydrogen-bond donors (Lipinski definition) is 1. The molecule has 0 spiro atoms. The van der Waals surface area contributed by atoms with E-state index in [1.165, 1.54) is 0 Å². The molecule has 0 unspecified atom stereocenters. The number of benzene rings is 2. The molecular formula is C25H29N3O3. The van der Waals surface area contributed by atoms with E-state index in [-0.39, 0.29) is 11.5 Å². The Labute approximate surface area is 197 Å². The lowest BCUT2D eigenvalue weighted by Crippen LogP contribution is -2.33.